The molecular formula is C30H41F3N2O3. The van der Waals surface area contributed by atoms with Crippen molar-refractivity contribution in [1.29, 1.82) is 0 Å². The van der Waals surface area contributed by atoms with E-state index in [1.165, 1.54) is 23.3 Å². The van der Waals surface area contributed by atoms with Crippen LogP contribution in [0.15, 0.2) is 63.9 Å². The Kier molecular flexibility index (Phi) is 10.4. The zero-order valence-corrected chi connectivity index (χ0v) is 23.2. The molecule has 0 aromatic carbocycles. The van der Waals surface area contributed by atoms with Crippen LogP contribution in [0.2, 0.25) is 0 Å². The lowest BCUT2D eigenvalue weighted by Crippen LogP contribution is -2.38. The van der Waals surface area contributed by atoms with Crippen molar-refractivity contribution < 1.29 is 27.4 Å². The van der Waals surface area contributed by atoms with Crippen LogP contribution in [-0.4, -0.2) is 62.2 Å². The first-order valence-electron chi connectivity index (χ1n) is 13.5. The van der Waals surface area contributed by atoms with Crippen molar-refractivity contribution in [3.8, 4) is 0 Å². The van der Waals surface area contributed by atoms with E-state index in [0.29, 0.717) is 6.61 Å². The van der Waals surface area contributed by atoms with Crippen LogP contribution in [0.1, 0.15) is 53.9 Å². The van der Waals surface area contributed by atoms with Crippen LogP contribution >= 0.6 is 0 Å². The molecule has 4 atom stereocenters. The molecule has 210 valence electrons. The normalized spacial score (nSPS) is 29.7. The standard InChI is InChI=1S/C30H41F3N2O3/c1-6-23-11-14-35(15-12-24(23)17-22(4)38-18-28(36)37-7-2)20-29(5)13-10-27(34-19-29)26-9-8-25(16-21(26)3)30(31,32)33/h6,8-10,16-17,19,21-22,26H,7,11-15,18,20H2,1-5H3/b23-6-,24-17-. The quantitative estimate of drug-likeness (QED) is 0.329. The van der Waals surface area contributed by atoms with Gasteiger partial charge in [-0.25, -0.2) is 4.79 Å². The van der Waals surface area contributed by atoms with Crippen LogP contribution in [0.3, 0.4) is 0 Å². The maximum Gasteiger partial charge on any atom is 0.416 e. The molecular weight excluding hydrogens is 493 g/mol. The van der Waals surface area contributed by atoms with Crippen LogP contribution in [0.25, 0.3) is 0 Å². The largest absolute Gasteiger partial charge is 0.464 e. The van der Waals surface area contributed by atoms with Gasteiger partial charge >= 0.3 is 12.1 Å². The molecule has 4 unspecified atom stereocenters. The Morgan fingerprint density at radius 3 is 2.58 bits per heavy atom. The third-order valence-corrected chi connectivity index (χ3v) is 7.41. The predicted molar refractivity (Wildman–Crippen MR) is 145 cm³/mol. The Balaban J connectivity index is 1.57. The molecule has 0 saturated carbocycles. The summed E-state index contributed by atoms with van der Waals surface area (Å²) in [7, 11) is 0. The zero-order valence-electron chi connectivity index (χ0n) is 23.2. The van der Waals surface area contributed by atoms with Crippen molar-refractivity contribution in [2.24, 2.45) is 22.2 Å². The zero-order chi connectivity index (χ0) is 27.9. The van der Waals surface area contributed by atoms with Gasteiger partial charge in [-0.3, -0.25) is 4.99 Å². The summed E-state index contributed by atoms with van der Waals surface area (Å²) in [5.74, 6) is -0.756. The fraction of sp³-hybridized carbons (Fsp3) is 0.600. The van der Waals surface area contributed by atoms with Crippen LogP contribution in [0.4, 0.5) is 13.2 Å². The lowest BCUT2D eigenvalue weighted by Gasteiger charge is -2.34. The Hall–Kier alpha value is -2.45. The number of hydrogen-bond acceptors (Lipinski definition) is 5. The Morgan fingerprint density at radius 2 is 2.00 bits per heavy atom. The first kappa shape index (κ1) is 30.1. The monoisotopic (exact) mass is 534 g/mol. The summed E-state index contributed by atoms with van der Waals surface area (Å²) < 4.78 is 49.8. The molecule has 2 heterocycles. The van der Waals surface area contributed by atoms with E-state index in [1.54, 1.807) is 13.0 Å². The number of halogens is 3. The second kappa shape index (κ2) is 13.1. The molecule has 5 nitrogen and oxygen atoms in total. The number of carbonyl (C=O) groups is 1. The van der Waals surface area contributed by atoms with Crippen molar-refractivity contribution in [2.75, 3.05) is 32.8 Å². The van der Waals surface area contributed by atoms with E-state index >= 15 is 0 Å². The number of rotatable bonds is 8. The number of nitrogens with zero attached hydrogens (tertiary/aromatic N) is 2. The van der Waals surface area contributed by atoms with E-state index in [-0.39, 0.29) is 35.9 Å². The molecule has 38 heavy (non-hydrogen) atoms. The lowest BCUT2D eigenvalue weighted by molar-refractivity contribution is -0.149. The van der Waals surface area contributed by atoms with Gasteiger partial charge in [0.15, 0.2) is 0 Å². The first-order valence-corrected chi connectivity index (χ1v) is 13.5. The highest BCUT2D eigenvalue weighted by Crippen LogP contribution is 2.38. The summed E-state index contributed by atoms with van der Waals surface area (Å²) in [6.45, 7) is 12.7. The SMILES string of the molecule is C/C=C1/CCN(CC2(C)C=NC(C3C=CC(C(F)(F)F)=CC3C)=CC2)CC/C1=C/C(C)OCC(=O)OCC. The van der Waals surface area contributed by atoms with Crippen molar-refractivity contribution in [1.82, 2.24) is 4.90 Å². The van der Waals surface area contributed by atoms with Crippen molar-refractivity contribution in [2.45, 2.75) is 66.2 Å². The summed E-state index contributed by atoms with van der Waals surface area (Å²) in [5.41, 5.74) is 2.67. The van der Waals surface area contributed by atoms with Crippen LogP contribution in [0, 0.1) is 17.3 Å². The molecule has 0 aromatic heterocycles. The minimum absolute atomic E-state index is 0.0571. The van der Waals surface area contributed by atoms with Crippen molar-refractivity contribution >= 4 is 12.2 Å². The van der Waals surface area contributed by atoms with Gasteiger partial charge in [0, 0.05) is 42.9 Å². The summed E-state index contributed by atoms with van der Waals surface area (Å²) in [4.78, 5) is 18.8. The number of likely N-dealkylation sites (tertiary alicyclic amines) is 1. The number of hydrogen-bond donors (Lipinski definition) is 0. The second-order valence-corrected chi connectivity index (χ2v) is 10.7. The van der Waals surface area contributed by atoms with Crippen molar-refractivity contribution in [3.63, 3.8) is 0 Å². The van der Waals surface area contributed by atoms with Gasteiger partial charge in [-0.05, 0) is 57.1 Å². The molecule has 1 fully saturated rings. The van der Waals surface area contributed by atoms with Crippen molar-refractivity contribution in [3.05, 3.63) is 58.9 Å². The summed E-state index contributed by atoms with van der Waals surface area (Å²) in [5, 5.41) is 0. The van der Waals surface area contributed by atoms with E-state index in [0.717, 1.165) is 44.6 Å². The number of allylic oxidation sites excluding steroid dienone is 6. The fourth-order valence-corrected chi connectivity index (χ4v) is 5.30. The summed E-state index contributed by atoms with van der Waals surface area (Å²) >= 11 is 0. The number of esters is 1. The molecule has 0 radical (unpaired) electrons. The highest BCUT2D eigenvalue weighted by atomic mass is 19.4. The van der Waals surface area contributed by atoms with E-state index in [1.807, 2.05) is 20.1 Å². The third-order valence-electron chi connectivity index (χ3n) is 7.41. The number of alkyl halides is 3. The minimum Gasteiger partial charge on any atom is -0.464 e. The predicted octanol–water partition coefficient (Wildman–Crippen LogP) is 6.60. The lowest BCUT2D eigenvalue weighted by atomic mass is 9.80. The third kappa shape index (κ3) is 8.27. The molecule has 3 aliphatic rings. The summed E-state index contributed by atoms with van der Waals surface area (Å²) in [6.07, 6.45) is 10.6. The first-order chi connectivity index (χ1) is 17.9. The molecule has 0 bridgehead atoms. The second-order valence-electron chi connectivity index (χ2n) is 10.7. The van der Waals surface area contributed by atoms with Gasteiger partial charge in [0.05, 0.1) is 18.3 Å². The van der Waals surface area contributed by atoms with Gasteiger partial charge in [0.2, 0.25) is 0 Å². The molecule has 3 rings (SSSR count). The average Bonchev–Trinajstić information content (AvgIpc) is 3.04. The van der Waals surface area contributed by atoms with Gasteiger partial charge in [-0.2, -0.15) is 13.2 Å². The summed E-state index contributed by atoms with van der Waals surface area (Å²) in [6, 6.07) is 0. The van der Waals surface area contributed by atoms with Crippen LogP contribution < -0.4 is 0 Å². The average molecular weight is 535 g/mol. The van der Waals surface area contributed by atoms with Gasteiger partial charge in [-0.1, -0.05) is 50.3 Å². The van der Waals surface area contributed by atoms with Gasteiger partial charge in [0.1, 0.15) is 6.61 Å². The van der Waals surface area contributed by atoms with E-state index in [4.69, 9.17) is 14.5 Å². The molecule has 8 heteroatoms. The Morgan fingerprint density at radius 1 is 1.29 bits per heavy atom. The topological polar surface area (TPSA) is 51.1 Å². The molecule has 1 aliphatic carbocycles. The molecule has 1 saturated heterocycles. The van der Waals surface area contributed by atoms with Crippen LogP contribution in [-0.2, 0) is 14.3 Å². The molecule has 2 aliphatic heterocycles. The van der Waals surface area contributed by atoms with Gasteiger partial charge in [0.25, 0.3) is 0 Å². The number of aliphatic imine (C=N–C) groups is 1. The molecule has 0 amide bonds. The number of ether oxygens (including phenoxy) is 2. The molecule has 0 spiro atoms. The molecule has 0 N–H and O–H groups in total. The Bertz CT molecular complexity index is 1040. The van der Waals surface area contributed by atoms with E-state index < -0.39 is 11.7 Å². The smallest absolute Gasteiger partial charge is 0.416 e. The number of carbonyl (C=O) groups excluding carboxylic acids is 1. The maximum atomic E-state index is 13.1. The van der Waals surface area contributed by atoms with Gasteiger partial charge < -0.3 is 14.4 Å². The van der Waals surface area contributed by atoms with Crippen LogP contribution in [0.5, 0.6) is 0 Å². The van der Waals surface area contributed by atoms with Gasteiger partial charge in [-0.15, -0.1) is 0 Å². The maximum absolute atomic E-state index is 13.1. The Labute approximate surface area is 224 Å². The fourth-order valence-electron chi connectivity index (χ4n) is 5.30. The molecule has 0 aromatic rings. The highest BCUT2D eigenvalue weighted by molar-refractivity contribution is 5.70. The minimum atomic E-state index is -4.32. The van der Waals surface area contributed by atoms with E-state index in [9.17, 15) is 18.0 Å². The van der Waals surface area contributed by atoms with E-state index in [2.05, 4.69) is 37.0 Å². The highest BCUT2D eigenvalue weighted by Gasteiger charge is 2.36.